The van der Waals surface area contributed by atoms with Gasteiger partial charge in [-0.1, -0.05) is 29.3 Å². The summed E-state index contributed by atoms with van der Waals surface area (Å²) in [4.78, 5) is 66.5. The van der Waals surface area contributed by atoms with Gasteiger partial charge in [0.2, 0.25) is 11.8 Å². The van der Waals surface area contributed by atoms with Crippen molar-refractivity contribution < 1.29 is 34.2 Å². The maximum Gasteiger partial charge on any atom is 0.335 e. The van der Waals surface area contributed by atoms with E-state index in [1.165, 1.54) is 48.5 Å². The molecule has 196 valence electrons. The fourth-order valence-corrected chi connectivity index (χ4v) is 6.98. The number of amides is 2. The highest BCUT2D eigenvalue weighted by molar-refractivity contribution is 9.12. The molecule has 2 aromatic rings. The molecule has 1 heterocycles. The lowest BCUT2D eigenvalue weighted by molar-refractivity contribution is -0.123. The molecule has 2 amide bonds. The van der Waals surface area contributed by atoms with Crippen molar-refractivity contribution in [3.05, 3.63) is 92.0 Å². The van der Waals surface area contributed by atoms with Gasteiger partial charge in [0.15, 0.2) is 11.6 Å². The first-order valence-corrected chi connectivity index (χ1v) is 13.3. The predicted octanol–water partition coefficient (Wildman–Crippen LogP) is 4.71. The number of Topliss-reactive ketones (excluding diaryl/α,β-unsaturated/α-hetero) is 1. The second kappa shape index (κ2) is 9.14. The Hall–Kier alpha value is -3.82. The van der Waals surface area contributed by atoms with Gasteiger partial charge in [-0.05, 0) is 71.1 Å². The molecule has 8 nitrogen and oxygen atoms in total. The highest BCUT2D eigenvalue weighted by Crippen LogP contribution is 2.56. The lowest BCUT2D eigenvalue weighted by Crippen LogP contribution is -2.39. The van der Waals surface area contributed by atoms with Crippen LogP contribution in [-0.4, -0.2) is 39.6 Å². The van der Waals surface area contributed by atoms with Crippen LogP contribution in [0.4, 0.5) is 5.69 Å². The monoisotopic (exact) mass is 607 g/mol. The number of carboxylic acids is 1. The average molecular weight is 609 g/mol. The molecule has 10 heteroatoms. The molecule has 1 saturated heterocycles. The van der Waals surface area contributed by atoms with E-state index >= 15 is 0 Å². The third kappa shape index (κ3) is 3.83. The van der Waals surface area contributed by atoms with Gasteiger partial charge >= 0.3 is 5.97 Å². The Morgan fingerprint density at radius 1 is 1.03 bits per heavy atom. The molecule has 1 fully saturated rings. The summed E-state index contributed by atoms with van der Waals surface area (Å²) >= 11 is 9.44. The summed E-state index contributed by atoms with van der Waals surface area (Å²) in [6.07, 6.45) is 3.31. The molecule has 0 radical (unpaired) electrons. The molecule has 0 spiro atoms. The van der Waals surface area contributed by atoms with Crippen LogP contribution in [0.15, 0.2) is 75.8 Å². The van der Waals surface area contributed by atoms with Crippen molar-refractivity contribution in [1.82, 2.24) is 0 Å². The van der Waals surface area contributed by atoms with Gasteiger partial charge < -0.3 is 10.2 Å². The van der Waals surface area contributed by atoms with Crippen molar-refractivity contribution in [3.63, 3.8) is 0 Å². The van der Waals surface area contributed by atoms with Gasteiger partial charge in [0.25, 0.3) is 0 Å². The molecule has 1 aliphatic heterocycles. The Labute approximate surface area is 235 Å². The molecule has 6 rings (SSSR count). The SMILES string of the molecule is O=C1C=C(Br)C(=O)C2=C1[C@@H](c1cc(Cl)ccc1O)C1=CC[C@@H]3C(=O)N(c4cccc(C(=O)O)c4)C(=O)[C@@H]3[C@@H]1C2. The average Bonchev–Trinajstić information content (AvgIpc) is 3.17. The van der Waals surface area contributed by atoms with Crippen LogP contribution in [0.5, 0.6) is 5.75 Å². The summed E-state index contributed by atoms with van der Waals surface area (Å²) in [5.74, 6) is -6.02. The maximum atomic E-state index is 13.9. The number of carboxylic acid groups (broad SMARTS) is 1. The van der Waals surface area contributed by atoms with Crippen LogP contribution in [0, 0.1) is 17.8 Å². The molecule has 2 N–H and O–H groups in total. The molecule has 0 saturated carbocycles. The van der Waals surface area contributed by atoms with Crippen molar-refractivity contribution in [3.8, 4) is 5.75 Å². The highest BCUT2D eigenvalue weighted by Gasteiger charge is 2.57. The van der Waals surface area contributed by atoms with E-state index in [0.29, 0.717) is 16.2 Å². The van der Waals surface area contributed by atoms with Crippen molar-refractivity contribution >= 4 is 62.6 Å². The number of halogens is 2. The van der Waals surface area contributed by atoms with E-state index in [1.54, 1.807) is 0 Å². The number of hydrogen-bond acceptors (Lipinski definition) is 6. The second-order valence-electron chi connectivity index (χ2n) is 9.96. The van der Waals surface area contributed by atoms with Crippen LogP contribution in [0.3, 0.4) is 0 Å². The molecule has 4 atom stereocenters. The Kier molecular flexibility index (Phi) is 5.96. The zero-order chi connectivity index (χ0) is 27.7. The Bertz CT molecular complexity index is 1640. The van der Waals surface area contributed by atoms with Gasteiger partial charge in [-0.3, -0.25) is 24.1 Å². The molecule has 39 heavy (non-hydrogen) atoms. The number of nitrogens with zero attached hydrogens (tertiary/aromatic N) is 1. The van der Waals surface area contributed by atoms with Crippen LogP contribution in [0.25, 0.3) is 0 Å². The summed E-state index contributed by atoms with van der Waals surface area (Å²) < 4.78 is 0.0982. The van der Waals surface area contributed by atoms with Crippen molar-refractivity contribution in [2.45, 2.75) is 18.8 Å². The summed E-state index contributed by atoms with van der Waals surface area (Å²) in [6, 6.07) is 10.1. The standard InChI is InChI=1S/C29H19BrClNO7/c30-20-11-22(34)25-19(26(20)35)10-17-15(23(25)18-9-13(31)4-7-21(18)33)5-6-16-24(17)28(37)32(27(16)36)14-3-1-2-12(8-14)29(38)39/h1-5,7-9,11,16-17,23-24,33H,6,10H2,(H,38,39)/t16-,17+,23+,24-/m0/s1. The zero-order valence-corrected chi connectivity index (χ0v) is 22.4. The number of aromatic hydroxyl groups is 1. The molecule has 2 aromatic carbocycles. The number of anilines is 1. The van der Waals surface area contributed by atoms with Gasteiger partial charge in [-0.25, -0.2) is 4.79 Å². The molecular formula is C29H19BrClNO7. The number of allylic oxidation sites excluding steroid dienone is 6. The van der Waals surface area contributed by atoms with E-state index in [4.69, 9.17) is 11.6 Å². The largest absolute Gasteiger partial charge is 0.508 e. The number of ketones is 2. The highest BCUT2D eigenvalue weighted by atomic mass is 79.9. The third-order valence-corrected chi connectivity index (χ3v) is 8.81. The van der Waals surface area contributed by atoms with Gasteiger partial charge in [0, 0.05) is 33.7 Å². The topological polar surface area (TPSA) is 129 Å². The van der Waals surface area contributed by atoms with Crippen LogP contribution < -0.4 is 4.90 Å². The summed E-state index contributed by atoms with van der Waals surface area (Å²) in [5, 5.41) is 20.5. The number of imide groups is 1. The Morgan fingerprint density at radius 2 is 1.79 bits per heavy atom. The van der Waals surface area contributed by atoms with Gasteiger partial charge in [-0.15, -0.1) is 0 Å². The van der Waals surface area contributed by atoms with Gasteiger partial charge in [0.05, 0.1) is 27.6 Å². The minimum atomic E-state index is -1.19. The molecule has 3 aliphatic carbocycles. The van der Waals surface area contributed by atoms with E-state index in [1.807, 2.05) is 6.08 Å². The summed E-state index contributed by atoms with van der Waals surface area (Å²) in [7, 11) is 0. The number of rotatable bonds is 3. The van der Waals surface area contributed by atoms with E-state index in [0.717, 1.165) is 4.90 Å². The van der Waals surface area contributed by atoms with Crippen molar-refractivity contribution in [2.24, 2.45) is 17.8 Å². The van der Waals surface area contributed by atoms with Crippen LogP contribution >= 0.6 is 27.5 Å². The van der Waals surface area contributed by atoms with E-state index in [9.17, 15) is 34.2 Å². The fourth-order valence-electron chi connectivity index (χ4n) is 6.35. The van der Waals surface area contributed by atoms with Crippen molar-refractivity contribution in [1.29, 1.82) is 0 Å². The molecule has 0 aromatic heterocycles. The number of benzene rings is 2. The summed E-state index contributed by atoms with van der Waals surface area (Å²) in [5.41, 5.74) is 1.56. The number of carbonyl (C=O) groups excluding carboxylic acids is 4. The quantitative estimate of drug-likeness (QED) is 0.293. The Morgan fingerprint density at radius 3 is 2.54 bits per heavy atom. The van der Waals surface area contributed by atoms with E-state index in [2.05, 4.69) is 15.9 Å². The number of hydrogen-bond donors (Lipinski definition) is 2. The number of phenols is 1. The molecule has 0 unspecified atom stereocenters. The minimum Gasteiger partial charge on any atom is -0.508 e. The normalized spacial score (nSPS) is 26.2. The van der Waals surface area contributed by atoms with Crippen LogP contribution in [0.2, 0.25) is 5.02 Å². The Balaban J connectivity index is 1.49. The number of aromatic carboxylic acids is 1. The minimum absolute atomic E-state index is 0.0614. The first-order chi connectivity index (χ1) is 18.6. The van der Waals surface area contributed by atoms with Gasteiger partial charge in [-0.2, -0.15) is 0 Å². The van der Waals surface area contributed by atoms with E-state index < -0.39 is 41.5 Å². The van der Waals surface area contributed by atoms with Crippen LogP contribution in [0.1, 0.15) is 34.7 Å². The fraction of sp³-hybridized carbons (Fsp3) is 0.207. The van der Waals surface area contributed by atoms with E-state index in [-0.39, 0.29) is 57.0 Å². The number of phenolic OH excluding ortho intramolecular Hbond substituents is 1. The number of carbonyl (C=O) groups is 5. The first-order valence-electron chi connectivity index (χ1n) is 12.2. The van der Waals surface area contributed by atoms with Gasteiger partial charge in [0.1, 0.15) is 5.75 Å². The predicted molar refractivity (Wildman–Crippen MR) is 144 cm³/mol. The second-order valence-corrected chi connectivity index (χ2v) is 11.3. The summed E-state index contributed by atoms with van der Waals surface area (Å²) in [6.45, 7) is 0. The molecule has 0 bridgehead atoms. The maximum absolute atomic E-state index is 13.9. The van der Waals surface area contributed by atoms with Crippen molar-refractivity contribution in [2.75, 3.05) is 4.90 Å². The molecular weight excluding hydrogens is 590 g/mol. The zero-order valence-electron chi connectivity index (χ0n) is 20.1. The lowest BCUT2D eigenvalue weighted by Gasteiger charge is -2.42. The first kappa shape index (κ1) is 25.5. The smallest absolute Gasteiger partial charge is 0.335 e. The lowest BCUT2D eigenvalue weighted by atomic mass is 9.59. The van der Waals surface area contributed by atoms with Crippen LogP contribution in [-0.2, 0) is 19.2 Å². The number of fused-ring (bicyclic) bond motifs is 3. The third-order valence-electron chi connectivity index (χ3n) is 7.98. The molecule has 4 aliphatic rings.